The van der Waals surface area contributed by atoms with Gasteiger partial charge in [0.05, 0.1) is 30.4 Å². The van der Waals surface area contributed by atoms with Crippen LogP contribution in [0.4, 0.5) is 4.39 Å². The van der Waals surface area contributed by atoms with Crippen LogP contribution < -0.4 is 5.32 Å². The van der Waals surface area contributed by atoms with Gasteiger partial charge in [0.2, 0.25) is 0 Å². The first kappa shape index (κ1) is 25.6. The van der Waals surface area contributed by atoms with Crippen LogP contribution in [0.25, 0.3) is 11.3 Å². The topological polar surface area (TPSA) is 77.5 Å². The fourth-order valence-corrected chi connectivity index (χ4v) is 5.85. The molecule has 0 aliphatic carbocycles. The highest BCUT2D eigenvalue weighted by Gasteiger charge is 2.54. The van der Waals surface area contributed by atoms with E-state index in [0.717, 1.165) is 5.56 Å². The zero-order valence-corrected chi connectivity index (χ0v) is 21.5. The Morgan fingerprint density at radius 1 is 1.08 bits per heavy atom. The van der Waals surface area contributed by atoms with Crippen molar-refractivity contribution >= 4 is 23.3 Å². The maximum Gasteiger partial charge on any atom is 0.336 e. The van der Waals surface area contributed by atoms with E-state index in [9.17, 15) is 14.0 Å². The number of hydrogen-bond donors (Lipinski definition) is 1. The molecule has 3 aromatic rings. The van der Waals surface area contributed by atoms with Crippen molar-refractivity contribution in [2.75, 3.05) is 13.2 Å². The summed E-state index contributed by atoms with van der Waals surface area (Å²) >= 11 is 1.37. The van der Waals surface area contributed by atoms with Crippen molar-refractivity contribution < 1.29 is 23.5 Å². The Kier molecular flexibility index (Phi) is 7.54. The van der Waals surface area contributed by atoms with Crippen LogP contribution in [0.1, 0.15) is 44.2 Å². The summed E-state index contributed by atoms with van der Waals surface area (Å²) in [5.41, 5.74) is 2.03. The molecule has 0 bridgehead atoms. The third-order valence-electron chi connectivity index (χ3n) is 6.38. The first-order valence-corrected chi connectivity index (χ1v) is 12.8. The molecule has 0 spiro atoms. The van der Waals surface area contributed by atoms with Crippen molar-refractivity contribution in [3.63, 3.8) is 0 Å². The molecule has 1 aromatic heterocycles. The molecule has 3 atom stereocenters. The summed E-state index contributed by atoms with van der Waals surface area (Å²) in [6.45, 7) is 7.60. The number of carbonyl (C=O) groups is 2. The first-order valence-electron chi connectivity index (χ1n) is 11.9. The van der Waals surface area contributed by atoms with Gasteiger partial charge in [-0.1, -0.05) is 42.5 Å². The molecular weight excluding hydrogens is 479 g/mol. The predicted octanol–water partition coefficient (Wildman–Crippen LogP) is 5.57. The van der Waals surface area contributed by atoms with Crippen molar-refractivity contribution in [3.8, 4) is 11.3 Å². The number of carbonyl (C=O) groups excluding carboxylic acids is 2. The summed E-state index contributed by atoms with van der Waals surface area (Å²) in [4.78, 5) is 31.6. The maximum atomic E-state index is 13.9. The number of rotatable bonds is 7. The molecule has 1 aliphatic heterocycles. The van der Waals surface area contributed by atoms with Gasteiger partial charge >= 0.3 is 11.9 Å². The molecular formula is C28H29FN2O4S. The molecule has 0 saturated carbocycles. The van der Waals surface area contributed by atoms with Crippen LogP contribution in [0.3, 0.4) is 0 Å². The van der Waals surface area contributed by atoms with Gasteiger partial charge in [-0.3, -0.25) is 4.79 Å². The predicted molar refractivity (Wildman–Crippen MR) is 137 cm³/mol. The maximum absolute atomic E-state index is 13.9. The second kappa shape index (κ2) is 10.6. The summed E-state index contributed by atoms with van der Waals surface area (Å²) in [6.07, 6.45) is 0. The highest BCUT2D eigenvalue weighted by molar-refractivity contribution is 7.10. The van der Waals surface area contributed by atoms with Gasteiger partial charge in [0.1, 0.15) is 16.4 Å². The Labute approximate surface area is 214 Å². The Morgan fingerprint density at radius 2 is 1.81 bits per heavy atom. The van der Waals surface area contributed by atoms with Gasteiger partial charge in [0, 0.05) is 22.6 Å². The van der Waals surface area contributed by atoms with Crippen LogP contribution in [0.5, 0.6) is 0 Å². The van der Waals surface area contributed by atoms with Crippen LogP contribution in [-0.4, -0.2) is 30.1 Å². The Morgan fingerprint density at radius 3 is 2.47 bits per heavy atom. The quantitative estimate of drug-likeness (QED) is 0.421. The minimum atomic E-state index is -1.01. The molecule has 0 fully saturated rings. The number of esters is 2. The second-order valence-corrected chi connectivity index (χ2v) is 9.61. The van der Waals surface area contributed by atoms with E-state index < -0.39 is 29.3 Å². The van der Waals surface area contributed by atoms with Crippen molar-refractivity contribution in [1.82, 2.24) is 10.3 Å². The fraction of sp³-hybridized carbons (Fsp3) is 0.321. The van der Waals surface area contributed by atoms with E-state index in [4.69, 9.17) is 14.5 Å². The summed E-state index contributed by atoms with van der Waals surface area (Å²) in [6, 6.07) is 15.7. The van der Waals surface area contributed by atoms with Crippen LogP contribution in [0.2, 0.25) is 0 Å². The second-order valence-electron chi connectivity index (χ2n) is 8.75. The van der Waals surface area contributed by atoms with Gasteiger partial charge in [-0.2, -0.15) is 0 Å². The summed E-state index contributed by atoms with van der Waals surface area (Å²) in [5, 5.41) is 5.89. The third kappa shape index (κ3) is 4.78. The summed E-state index contributed by atoms with van der Waals surface area (Å²) < 4.78 is 24.8. The molecule has 36 heavy (non-hydrogen) atoms. The molecule has 2 aromatic carbocycles. The smallest absolute Gasteiger partial charge is 0.336 e. The van der Waals surface area contributed by atoms with Gasteiger partial charge in [-0.15, -0.1) is 11.3 Å². The minimum absolute atomic E-state index is 0.191. The number of ether oxygens (including phenoxy) is 2. The molecule has 188 valence electrons. The van der Waals surface area contributed by atoms with E-state index in [1.165, 1.54) is 23.5 Å². The average Bonchev–Trinajstić information content (AvgIpc) is 3.36. The standard InChI is InChI=1S/C28H29FN2O4S/c1-5-34-25(32)22-17(3)31-28(4,27-30-21(16-36-27)19-13-10-14-20(29)15-19)24(26(33)35-6-2)23(22)18-11-8-7-9-12-18/h7-16,23-24,31H,5-6H2,1-4H3. The number of thiazole rings is 1. The Hall–Kier alpha value is -3.52. The van der Waals surface area contributed by atoms with Crippen molar-refractivity contribution in [3.05, 3.63) is 87.6 Å². The molecule has 2 heterocycles. The molecule has 0 amide bonds. The van der Waals surface area contributed by atoms with Crippen LogP contribution >= 0.6 is 11.3 Å². The number of aromatic nitrogens is 1. The van der Waals surface area contributed by atoms with Gasteiger partial charge in [0.15, 0.2) is 0 Å². The van der Waals surface area contributed by atoms with Gasteiger partial charge < -0.3 is 14.8 Å². The molecule has 8 heteroatoms. The molecule has 6 nitrogen and oxygen atoms in total. The molecule has 1 N–H and O–H groups in total. The van der Waals surface area contributed by atoms with Crippen molar-refractivity contribution in [1.29, 1.82) is 0 Å². The highest BCUT2D eigenvalue weighted by atomic mass is 32.1. The van der Waals surface area contributed by atoms with Crippen LogP contribution in [0.15, 0.2) is 71.2 Å². The number of halogens is 1. The molecule has 4 rings (SSSR count). The van der Waals surface area contributed by atoms with Gasteiger partial charge in [0.25, 0.3) is 0 Å². The molecule has 1 aliphatic rings. The van der Waals surface area contributed by atoms with Gasteiger partial charge in [-0.05, 0) is 45.4 Å². The van der Waals surface area contributed by atoms with Crippen molar-refractivity contribution in [2.24, 2.45) is 5.92 Å². The van der Waals surface area contributed by atoms with E-state index in [2.05, 4.69) is 5.32 Å². The fourth-order valence-electron chi connectivity index (χ4n) is 4.86. The lowest BCUT2D eigenvalue weighted by Crippen LogP contribution is -2.55. The van der Waals surface area contributed by atoms with Crippen LogP contribution in [-0.2, 0) is 24.6 Å². The van der Waals surface area contributed by atoms with E-state index >= 15 is 0 Å². The van der Waals surface area contributed by atoms with E-state index in [0.29, 0.717) is 27.5 Å². The third-order valence-corrected chi connectivity index (χ3v) is 7.46. The number of benzene rings is 2. The molecule has 0 radical (unpaired) electrons. The number of allylic oxidation sites excluding steroid dienone is 1. The van der Waals surface area contributed by atoms with Crippen molar-refractivity contribution in [2.45, 2.75) is 39.2 Å². The first-order chi connectivity index (χ1) is 17.3. The van der Waals surface area contributed by atoms with E-state index in [1.807, 2.05) is 49.6 Å². The van der Waals surface area contributed by atoms with Crippen LogP contribution in [0, 0.1) is 11.7 Å². The average molecular weight is 509 g/mol. The number of hydrogen-bond acceptors (Lipinski definition) is 7. The van der Waals surface area contributed by atoms with E-state index in [1.54, 1.807) is 26.0 Å². The summed E-state index contributed by atoms with van der Waals surface area (Å²) in [7, 11) is 0. The lowest BCUT2D eigenvalue weighted by Gasteiger charge is -2.45. The SMILES string of the molecule is CCOC(=O)C1=C(C)NC(C)(c2nc(-c3cccc(F)c3)cs2)C(C(=O)OCC)C1c1ccccc1. The van der Waals surface area contributed by atoms with Gasteiger partial charge in [-0.25, -0.2) is 14.2 Å². The normalized spacial score (nSPS) is 21.6. The Balaban J connectivity index is 1.90. The number of nitrogens with one attached hydrogen (secondary N) is 1. The lowest BCUT2D eigenvalue weighted by molar-refractivity contribution is -0.152. The zero-order chi connectivity index (χ0) is 25.9. The largest absolute Gasteiger partial charge is 0.466 e. The highest BCUT2D eigenvalue weighted by Crippen LogP contribution is 2.49. The molecule has 0 saturated heterocycles. The zero-order valence-electron chi connectivity index (χ0n) is 20.7. The Bertz CT molecular complexity index is 1290. The summed E-state index contributed by atoms with van der Waals surface area (Å²) in [5.74, 6) is -2.73. The van der Waals surface area contributed by atoms with E-state index in [-0.39, 0.29) is 19.0 Å². The minimum Gasteiger partial charge on any atom is -0.466 e. The molecule has 3 unspecified atom stereocenters. The number of nitrogens with zero attached hydrogens (tertiary/aromatic N) is 1. The lowest BCUT2D eigenvalue weighted by atomic mass is 9.67. The monoisotopic (exact) mass is 508 g/mol.